The van der Waals surface area contributed by atoms with Crippen molar-refractivity contribution in [1.82, 2.24) is 9.88 Å². The molecule has 1 amide bonds. The third kappa shape index (κ3) is 4.69. The Labute approximate surface area is 199 Å². The molecule has 7 nitrogen and oxygen atoms in total. The fourth-order valence-corrected chi connectivity index (χ4v) is 3.96. The first-order valence-corrected chi connectivity index (χ1v) is 11.0. The second kappa shape index (κ2) is 9.87. The topological polar surface area (TPSA) is 68.0 Å². The maximum Gasteiger partial charge on any atom is 0.254 e. The van der Waals surface area contributed by atoms with Gasteiger partial charge in [0.05, 0.1) is 33.6 Å². The monoisotopic (exact) mass is 459 g/mol. The third-order valence-corrected chi connectivity index (χ3v) is 5.70. The zero-order valence-electron chi connectivity index (χ0n) is 20.2. The average Bonchev–Trinajstić information content (AvgIpc) is 3.35. The van der Waals surface area contributed by atoms with Gasteiger partial charge < -0.3 is 23.7 Å². The number of carbonyl (C=O) groups excluding carboxylic acids is 1. The zero-order chi connectivity index (χ0) is 24.2. The van der Waals surface area contributed by atoms with Crippen molar-refractivity contribution in [3.8, 4) is 11.5 Å². The molecule has 0 saturated carbocycles. The Kier molecular flexibility index (Phi) is 6.72. The number of anilines is 1. The zero-order valence-corrected chi connectivity index (χ0v) is 20.2. The van der Waals surface area contributed by atoms with Crippen molar-refractivity contribution in [3.63, 3.8) is 0 Å². The number of amides is 1. The Morgan fingerprint density at radius 1 is 0.971 bits per heavy atom. The van der Waals surface area contributed by atoms with E-state index in [0.717, 1.165) is 22.3 Å². The summed E-state index contributed by atoms with van der Waals surface area (Å²) in [6.07, 6.45) is 1.61. The van der Waals surface area contributed by atoms with Gasteiger partial charge in [0, 0.05) is 30.6 Å². The summed E-state index contributed by atoms with van der Waals surface area (Å²) in [5, 5.41) is 0.822. The number of carbonyl (C=O) groups is 1. The summed E-state index contributed by atoms with van der Waals surface area (Å²) in [6.45, 7) is 2.67. The molecule has 0 aliphatic carbocycles. The lowest BCUT2D eigenvalue weighted by Gasteiger charge is -2.25. The number of pyridine rings is 1. The first-order chi connectivity index (χ1) is 16.4. The van der Waals surface area contributed by atoms with Crippen molar-refractivity contribution in [2.45, 2.75) is 20.0 Å². The molecule has 7 heteroatoms. The van der Waals surface area contributed by atoms with Gasteiger partial charge in [-0.25, -0.2) is 4.98 Å². The summed E-state index contributed by atoms with van der Waals surface area (Å²) in [4.78, 5) is 22.2. The number of hydrogen-bond donors (Lipinski definition) is 0. The minimum absolute atomic E-state index is 0.0844. The van der Waals surface area contributed by atoms with Crippen molar-refractivity contribution in [3.05, 3.63) is 83.3 Å². The van der Waals surface area contributed by atoms with E-state index >= 15 is 0 Å². The van der Waals surface area contributed by atoms with Gasteiger partial charge in [0.15, 0.2) is 0 Å². The quantitative estimate of drug-likeness (QED) is 0.367. The highest BCUT2D eigenvalue weighted by atomic mass is 16.5. The van der Waals surface area contributed by atoms with Crippen molar-refractivity contribution in [2.24, 2.45) is 0 Å². The van der Waals surface area contributed by atoms with Gasteiger partial charge in [-0.05, 0) is 49.4 Å². The Morgan fingerprint density at radius 3 is 2.29 bits per heavy atom. The predicted octanol–water partition coefficient (Wildman–Crippen LogP) is 5.06. The standard InChI is InChI=1S/C27H29N3O4/c1-18-8-10-19(11-9-18)27(31)30(17-21-7-6-14-34-21)16-20-15-22-23(32-4)12-13-24(33-5)25(22)28-26(20)29(2)3/h6-15H,16-17H2,1-5H3. The van der Waals surface area contributed by atoms with Crippen LogP contribution in [-0.2, 0) is 13.1 Å². The number of methoxy groups -OCH3 is 2. The van der Waals surface area contributed by atoms with Crippen molar-refractivity contribution < 1.29 is 18.7 Å². The summed E-state index contributed by atoms with van der Waals surface area (Å²) in [5.74, 6) is 2.73. The number of rotatable bonds is 8. The molecule has 0 N–H and O–H groups in total. The van der Waals surface area contributed by atoms with E-state index in [1.165, 1.54) is 0 Å². The predicted molar refractivity (Wildman–Crippen MR) is 133 cm³/mol. The molecule has 0 fully saturated rings. The van der Waals surface area contributed by atoms with Gasteiger partial charge in [-0.15, -0.1) is 0 Å². The SMILES string of the molecule is COc1ccc(OC)c2nc(N(C)C)c(CN(Cc3ccco3)C(=O)c3ccc(C)cc3)cc12. The van der Waals surface area contributed by atoms with Crippen LogP contribution < -0.4 is 14.4 Å². The molecule has 0 unspecified atom stereocenters. The number of furan rings is 1. The summed E-state index contributed by atoms with van der Waals surface area (Å²) in [6, 6.07) is 17.0. The molecule has 2 aromatic carbocycles. The van der Waals surface area contributed by atoms with Gasteiger partial charge >= 0.3 is 0 Å². The number of fused-ring (bicyclic) bond motifs is 1. The lowest BCUT2D eigenvalue weighted by atomic mass is 10.1. The molecule has 0 aliphatic heterocycles. The lowest BCUT2D eigenvalue weighted by Crippen LogP contribution is -2.31. The Bertz CT molecular complexity index is 1280. The number of aromatic nitrogens is 1. The molecular weight excluding hydrogens is 430 g/mol. The van der Waals surface area contributed by atoms with Crippen LogP contribution in [0.2, 0.25) is 0 Å². The van der Waals surface area contributed by atoms with Gasteiger partial charge in [0.1, 0.15) is 28.6 Å². The van der Waals surface area contributed by atoms with Gasteiger partial charge in [-0.1, -0.05) is 17.7 Å². The summed E-state index contributed by atoms with van der Waals surface area (Å²) < 4.78 is 16.7. The van der Waals surface area contributed by atoms with Crippen LogP contribution in [0.1, 0.15) is 27.2 Å². The molecule has 34 heavy (non-hydrogen) atoms. The highest BCUT2D eigenvalue weighted by molar-refractivity contribution is 5.95. The smallest absolute Gasteiger partial charge is 0.254 e. The van der Waals surface area contributed by atoms with Crippen LogP contribution in [0.4, 0.5) is 5.82 Å². The third-order valence-electron chi connectivity index (χ3n) is 5.70. The van der Waals surface area contributed by atoms with Crippen molar-refractivity contribution in [2.75, 3.05) is 33.2 Å². The van der Waals surface area contributed by atoms with E-state index in [4.69, 9.17) is 18.9 Å². The van der Waals surface area contributed by atoms with Gasteiger partial charge in [0.2, 0.25) is 0 Å². The molecule has 0 saturated heterocycles. The minimum atomic E-state index is -0.0844. The lowest BCUT2D eigenvalue weighted by molar-refractivity contribution is 0.0718. The van der Waals surface area contributed by atoms with Gasteiger partial charge in [0.25, 0.3) is 5.91 Å². The molecule has 4 rings (SSSR count). The molecule has 0 aliphatic rings. The number of nitrogens with zero attached hydrogens (tertiary/aromatic N) is 3. The number of hydrogen-bond acceptors (Lipinski definition) is 6. The van der Waals surface area contributed by atoms with E-state index in [1.54, 1.807) is 25.4 Å². The van der Waals surface area contributed by atoms with Gasteiger partial charge in [-0.2, -0.15) is 0 Å². The molecule has 0 spiro atoms. The summed E-state index contributed by atoms with van der Waals surface area (Å²) in [7, 11) is 7.12. The Hall–Kier alpha value is -4.00. The van der Waals surface area contributed by atoms with E-state index in [2.05, 4.69) is 0 Å². The largest absolute Gasteiger partial charge is 0.496 e. The van der Waals surface area contributed by atoms with E-state index in [-0.39, 0.29) is 5.91 Å². The normalized spacial score (nSPS) is 10.9. The van der Waals surface area contributed by atoms with Crippen molar-refractivity contribution in [1.29, 1.82) is 0 Å². The maximum atomic E-state index is 13.6. The highest BCUT2D eigenvalue weighted by Crippen LogP contribution is 2.35. The van der Waals surface area contributed by atoms with Crippen molar-refractivity contribution >= 4 is 22.6 Å². The second-order valence-corrected chi connectivity index (χ2v) is 8.34. The fraction of sp³-hybridized carbons (Fsp3) is 0.259. The van der Waals surface area contributed by atoms with E-state index in [1.807, 2.05) is 80.5 Å². The number of benzene rings is 2. The molecule has 0 atom stereocenters. The highest BCUT2D eigenvalue weighted by Gasteiger charge is 2.22. The van der Waals surface area contributed by atoms with Crippen LogP contribution in [-0.4, -0.2) is 44.1 Å². The molecule has 0 bridgehead atoms. The number of ether oxygens (including phenoxy) is 2. The molecule has 2 heterocycles. The van der Waals surface area contributed by atoms with Crippen LogP contribution in [0.3, 0.4) is 0 Å². The molecule has 2 aromatic heterocycles. The molecular formula is C27H29N3O4. The second-order valence-electron chi connectivity index (χ2n) is 8.34. The average molecular weight is 460 g/mol. The fourth-order valence-electron chi connectivity index (χ4n) is 3.96. The van der Waals surface area contributed by atoms with Crippen LogP contribution in [0.25, 0.3) is 10.9 Å². The molecule has 0 radical (unpaired) electrons. The van der Waals surface area contributed by atoms with Crippen LogP contribution in [0.15, 0.2) is 65.3 Å². The van der Waals surface area contributed by atoms with Gasteiger partial charge in [-0.3, -0.25) is 4.79 Å². The minimum Gasteiger partial charge on any atom is -0.496 e. The summed E-state index contributed by atoms with van der Waals surface area (Å²) >= 11 is 0. The Balaban J connectivity index is 1.81. The summed E-state index contributed by atoms with van der Waals surface area (Å²) in [5.41, 5.74) is 3.31. The van der Waals surface area contributed by atoms with E-state index < -0.39 is 0 Å². The molecule has 4 aromatic rings. The van der Waals surface area contributed by atoms with E-state index in [0.29, 0.717) is 41.4 Å². The van der Waals surface area contributed by atoms with Crippen LogP contribution in [0, 0.1) is 6.92 Å². The van der Waals surface area contributed by atoms with E-state index in [9.17, 15) is 4.79 Å². The van der Waals surface area contributed by atoms with Crippen LogP contribution >= 0.6 is 0 Å². The first kappa shape index (κ1) is 23.2. The maximum absolute atomic E-state index is 13.6. The Morgan fingerprint density at radius 2 is 1.68 bits per heavy atom. The number of aryl methyl sites for hydroxylation is 1. The molecule has 176 valence electrons. The first-order valence-electron chi connectivity index (χ1n) is 11.0. The van der Waals surface area contributed by atoms with Crippen LogP contribution in [0.5, 0.6) is 11.5 Å².